The second kappa shape index (κ2) is 11.1. The summed E-state index contributed by atoms with van der Waals surface area (Å²) in [7, 11) is 0. The number of esters is 1. The van der Waals surface area contributed by atoms with Crippen molar-refractivity contribution in [2.45, 2.75) is 111 Å². The number of ketones is 1. The molecule has 0 amide bonds. The van der Waals surface area contributed by atoms with E-state index in [0.29, 0.717) is 6.42 Å². The lowest BCUT2D eigenvalue weighted by Crippen LogP contribution is -2.45. The SMILES string of the molecule is CC(=Cc1ccc(C)cn1)[C@@H]1C[C@@H]2O[C@]2(C)CCCC(C)[C@H](O)C(C)C(=O)C(C)(C)C(O)CC(=O)O1. The van der Waals surface area contributed by atoms with E-state index in [1.807, 2.05) is 39.0 Å². The van der Waals surface area contributed by atoms with Crippen molar-refractivity contribution < 1.29 is 29.3 Å². The Morgan fingerprint density at radius 2 is 1.86 bits per heavy atom. The highest BCUT2D eigenvalue weighted by molar-refractivity contribution is 5.88. The third kappa shape index (κ3) is 6.61. The van der Waals surface area contributed by atoms with E-state index in [1.165, 1.54) is 0 Å². The van der Waals surface area contributed by atoms with E-state index in [1.54, 1.807) is 27.0 Å². The van der Waals surface area contributed by atoms with E-state index in [0.717, 1.165) is 36.1 Å². The van der Waals surface area contributed by atoms with Gasteiger partial charge in [-0.15, -0.1) is 0 Å². The first-order chi connectivity index (χ1) is 16.7. The largest absolute Gasteiger partial charge is 0.458 e. The number of rotatable bonds is 2. The first kappa shape index (κ1) is 28.5. The lowest BCUT2D eigenvalue weighted by Gasteiger charge is -2.34. The van der Waals surface area contributed by atoms with Crippen LogP contribution in [0.2, 0.25) is 0 Å². The summed E-state index contributed by atoms with van der Waals surface area (Å²) in [5, 5.41) is 21.7. The van der Waals surface area contributed by atoms with Crippen LogP contribution in [0.15, 0.2) is 23.9 Å². The molecule has 0 aliphatic carbocycles. The van der Waals surface area contributed by atoms with Gasteiger partial charge in [-0.25, -0.2) is 0 Å². The number of ether oxygens (including phenoxy) is 2. The molecule has 200 valence electrons. The summed E-state index contributed by atoms with van der Waals surface area (Å²) in [5.41, 5.74) is 1.16. The van der Waals surface area contributed by atoms with Crippen molar-refractivity contribution in [2.24, 2.45) is 17.3 Å². The van der Waals surface area contributed by atoms with Gasteiger partial charge in [-0.1, -0.05) is 40.2 Å². The Kier molecular flexibility index (Phi) is 8.79. The first-order valence-electron chi connectivity index (χ1n) is 13.1. The first-order valence-corrected chi connectivity index (χ1v) is 13.1. The van der Waals surface area contributed by atoms with Crippen LogP contribution >= 0.6 is 0 Å². The Hall–Kier alpha value is -2.09. The molecule has 0 saturated carbocycles. The zero-order valence-corrected chi connectivity index (χ0v) is 22.8. The van der Waals surface area contributed by atoms with Crippen LogP contribution in [-0.4, -0.2) is 57.0 Å². The van der Waals surface area contributed by atoms with Crippen molar-refractivity contribution in [1.29, 1.82) is 0 Å². The molecular formula is C29H43NO6. The summed E-state index contributed by atoms with van der Waals surface area (Å²) >= 11 is 0. The number of cyclic esters (lactones) is 1. The molecule has 1 aromatic rings. The second-order valence-corrected chi connectivity index (χ2v) is 11.7. The third-order valence-corrected chi connectivity index (χ3v) is 8.22. The van der Waals surface area contributed by atoms with Crippen molar-refractivity contribution in [3.8, 4) is 0 Å². The molecule has 0 spiro atoms. The Labute approximate surface area is 215 Å². The number of nitrogens with zero attached hydrogens (tertiary/aromatic N) is 1. The number of Topliss-reactive ketones (excluding diaryl/α,β-unsaturated/α-hetero) is 1. The van der Waals surface area contributed by atoms with Gasteiger partial charge in [-0.3, -0.25) is 14.6 Å². The maximum atomic E-state index is 13.2. The smallest absolute Gasteiger partial charge is 0.309 e. The average molecular weight is 502 g/mol. The van der Waals surface area contributed by atoms with E-state index >= 15 is 0 Å². The second-order valence-electron chi connectivity index (χ2n) is 11.7. The quantitative estimate of drug-likeness (QED) is 0.456. The fourth-order valence-electron chi connectivity index (χ4n) is 5.19. The summed E-state index contributed by atoms with van der Waals surface area (Å²) in [6.07, 6.45) is 3.69. The molecule has 7 heteroatoms. The molecule has 2 aliphatic heterocycles. The van der Waals surface area contributed by atoms with Crippen molar-refractivity contribution in [3.63, 3.8) is 0 Å². The lowest BCUT2D eigenvalue weighted by molar-refractivity contribution is -0.154. The van der Waals surface area contributed by atoms with Crippen LogP contribution in [0.1, 0.15) is 84.9 Å². The predicted octanol–water partition coefficient (Wildman–Crippen LogP) is 4.42. The number of aromatic nitrogens is 1. The number of carbonyl (C=O) groups is 2. The zero-order valence-electron chi connectivity index (χ0n) is 22.8. The van der Waals surface area contributed by atoms with E-state index in [-0.39, 0.29) is 29.8 Å². The van der Waals surface area contributed by atoms with Crippen LogP contribution in [0.25, 0.3) is 6.08 Å². The molecule has 3 unspecified atom stereocenters. The van der Waals surface area contributed by atoms with Gasteiger partial charge < -0.3 is 19.7 Å². The summed E-state index contributed by atoms with van der Waals surface area (Å²) in [5.74, 6) is -1.57. The van der Waals surface area contributed by atoms with Crippen molar-refractivity contribution in [1.82, 2.24) is 4.98 Å². The Balaban J connectivity index is 1.86. The minimum atomic E-state index is -1.23. The van der Waals surface area contributed by atoms with Crippen LogP contribution in [0.4, 0.5) is 0 Å². The van der Waals surface area contributed by atoms with Crippen LogP contribution in [0.3, 0.4) is 0 Å². The van der Waals surface area contributed by atoms with Gasteiger partial charge in [-0.05, 0) is 62.8 Å². The summed E-state index contributed by atoms with van der Waals surface area (Å²) in [4.78, 5) is 30.6. The van der Waals surface area contributed by atoms with Gasteiger partial charge in [0.2, 0.25) is 0 Å². The van der Waals surface area contributed by atoms with Crippen LogP contribution < -0.4 is 0 Å². The Bertz CT molecular complexity index is 970. The molecule has 2 fully saturated rings. The molecule has 3 rings (SSSR count). The molecule has 1 aromatic heterocycles. The topological polar surface area (TPSA) is 109 Å². The minimum Gasteiger partial charge on any atom is -0.458 e. The number of pyridine rings is 1. The van der Waals surface area contributed by atoms with Crippen molar-refractivity contribution in [2.75, 3.05) is 0 Å². The molecule has 0 bridgehead atoms. The van der Waals surface area contributed by atoms with E-state index in [4.69, 9.17) is 9.47 Å². The van der Waals surface area contributed by atoms with Crippen LogP contribution in [0, 0.1) is 24.2 Å². The molecule has 2 N–H and O–H groups in total. The van der Waals surface area contributed by atoms with Gasteiger partial charge in [0.1, 0.15) is 11.9 Å². The van der Waals surface area contributed by atoms with E-state index in [9.17, 15) is 19.8 Å². The van der Waals surface area contributed by atoms with Gasteiger partial charge >= 0.3 is 5.97 Å². The fourth-order valence-corrected chi connectivity index (χ4v) is 5.19. The van der Waals surface area contributed by atoms with Gasteiger partial charge in [-0.2, -0.15) is 0 Å². The number of aliphatic hydroxyl groups excluding tert-OH is 2. The van der Waals surface area contributed by atoms with E-state index < -0.39 is 35.6 Å². The normalized spacial score (nSPS) is 36.6. The van der Waals surface area contributed by atoms with Gasteiger partial charge in [0.25, 0.3) is 0 Å². The maximum Gasteiger partial charge on any atom is 0.309 e. The number of epoxide rings is 1. The lowest BCUT2D eigenvalue weighted by atomic mass is 9.73. The summed E-state index contributed by atoms with van der Waals surface area (Å²) < 4.78 is 11.9. The van der Waals surface area contributed by atoms with Crippen molar-refractivity contribution >= 4 is 17.8 Å². The summed E-state index contributed by atoms with van der Waals surface area (Å²) in [6, 6.07) is 3.90. The molecular weight excluding hydrogens is 458 g/mol. The number of carbonyl (C=O) groups excluding carboxylic acids is 2. The number of aryl methyl sites for hydroxylation is 1. The molecule has 7 atom stereocenters. The Morgan fingerprint density at radius 1 is 1.17 bits per heavy atom. The van der Waals surface area contributed by atoms with Crippen LogP contribution in [0.5, 0.6) is 0 Å². The molecule has 0 radical (unpaired) electrons. The molecule has 0 aromatic carbocycles. The standard InChI is InChI=1S/C29H43NO6/c1-17-10-11-21(30-16-17)13-19(3)22-14-24-29(7,36-24)12-8-9-18(2)26(33)20(4)27(34)28(5,6)23(31)15-25(32)35-22/h10-11,13,16,18,20,22-24,26,31,33H,8-9,12,14-15H2,1-7H3/t18?,20?,22-,23?,24-,26-,29+/m0/s1. The number of fused-ring (bicyclic) bond motifs is 1. The van der Waals surface area contributed by atoms with Gasteiger partial charge in [0.05, 0.1) is 41.4 Å². The molecule has 36 heavy (non-hydrogen) atoms. The highest BCUT2D eigenvalue weighted by atomic mass is 16.6. The molecule has 3 heterocycles. The van der Waals surface area contributed by atoms with Crippen LogP contribution in [-0.2, 0) is 19.1 Å². The zero-order chi connectivity index (χ0) is 26.8. The average Bonchev–Trinajstić information content (AvgIpc) is 3.46. The number of aliphatic hydroxyl groups is 2. The maximum absolute atomic E-state index is 13.2. The monoisotopic (exact) mass is 501 g/mol. The predicted molar refractivity (Wildman–Crippen MR) is 138 cm³/mol. The molecule has 7 nitrogen and oxygen atoms in total. The summed E-state index contributed by atoms with van der Waals surface area (Å²) in [6.45, 7) is 12.9. The fraction of sp³-hybridized carbons (Fsp3) is 0.690. The highest BCUT2D eigenvalue weighted by Crippen LogP contribution is 2.45. The van der Waals surface area contributed by atoms with Crippen molar-refractivity contribution in [3.05, 3.63) is 35.2 Å². The highest BCUT2D eigenvalue weighted by Gasteiger charge is 2.53. The third-order valence-electron chi connectivity index (χ3n) is 8.22. The van der Waals surface area contributed by atoms with Gasteiger partial charge in [0.15, 0.2) is 0 Å². The number of hydrogen-bond acceptors (Lipinski definition) is 7. The Morgan fingerprint density at radius 3 is 2.50 bits per heavy atom. The molecule has 2 aliphatic rings. The number of hydrogen-bond donors (Lipinski definition) is 2. The van der Waals surface area contributed by atoms with E-state index in [2.05, 4.69) is 11.9 Å². The minimum absolute atomic E-state index is 0.0559. The molecule has 2 saturated heterocycles. The van der Waals surface area contributed by atoms with Gasteiger partial charge in [0, 0.05) is 18.5 Å².